The number of furan rings is 1. The number of hydrogen-bond donors (Lipinski definition) is 1. The highest BCUT2D eigenvalue weighted by atomic mass is 16.7. The first kappa shape index (κ1) is 22.0. The number of ether oxygens (including phenoxy) is 4. The summed E-state index contributed by atoms with van der Waals surface area (Å²) < 4.78 is 29.6. The molecule has 10 atom stereocenters. The molecule has 2 spiro atoms. The van der Waals surface area contributed by atoms with E-state index in [2.05, 4.69) is 0 Å². The molecule has 5 heterocycles. The fourth-order valence-electron chi connectivity index (χ4n) is 9.52. The van der Waals surface area contributed by atoms with Gasteiger partial charge in [0.15, 0.2) is 11.9 Å². The minimum Gasteiger partial charge on any atom is -0.472 e. The molecule has 1 aromatic heterocycles. The summed E-state index contributed by atoms with van der Waals surface area (Å²) >= 11 is 0. The van der Waals surface area contributed by atoms with Crippen LogP contribution in [0.25, 0.3) is 0 Å². The molecule has 0 radical (unpaired) electrons. The molecule has 188 valence electrons. The Morgan fingerprint density at radius 3 is 2.54 bits per heavy atom. The van der Waals surface area contributed by atoms with Gasteiger partial charge in [-0.3, -0.25) is 9.59 Å². The van der Waals surface area contributed by atoms with Crippen LogP contribution in [0, 0.1) is 28.1 Å². The zero-order valence-corrected chi connectivity index (χ0v) is 20.2. The Morgan fingerprint density at radius 2 is 1.83 bits per heavy atom. The van der Waals surface area contributed by atoms with Crippen LogP contribution in [-0.4, -0.2) is 58.9 Å². The second-order valence-corrected chi connectivity index (χ2v) is 12.3. The minimum atomic E-state index is -1.37. The van der Waals surface area contributed by atoms with Crippen LogP contribution in [0.2, 0.25) is 0 Å². The van der Waals surface area contributed by atoms with Gasteiger partial charge in [0.25, 0.3) is 0 Å². The smallest absolute Gasteiger partial charge is 0.339 e. The van der Waals surface area contributed by atoms with E-state index in [4.69, 9.17) is 23.4 Å². The highest BCUT2D eigenvalue weighted by Crippen LogP contribution is 2.80. The first-order valence-corrected chi connectivity index (χ1v) is 12.4. The fourth-order valence-corrected chi connectivity index (χ4v) is 9.52. The van der Waals surface area contributed by atoms with Crippen molar-refractivity contribution in [3.63, 3.8) is 0 Å². The van der Waals surface area contributed by atoms with Gasteiger partial charge in [-0.25, -0.2) is 4.79 Å². The molecule has 4 saturated heterocycles. The molecule has 1 unspecified atom stereocenters. The maximum atomic E-state index is 14.1. The van der Waals surface area contributed by atoms with E-state index in [0.29, 0.717) is 12.8 Å². The van der Waals surface area contributed by atoms with Crippen LogP contribution in [0.5, 0.6) is 0 Å². The fraction of sp³-hybridized carbons (Fsp3) is 0.731. The van der Waals surface area contributed by atoms with Gasteiger partial charge >= 0.3 is 11.9 Å². The van der Waals surface area contributed by atoms with E-state index in [-0.39, 0.29) is 30.7 Å². The third-order valence-electron chi connectivity index (χ3n) is 10.7. The average molecular weight is 487 g/mol. The van der Waals surface area contributed by atoms with Crippen LogP contribution in [0.4, 0.5) is 0 Å². The highest BCUT2D eigenvalue weighted by molar-refractivity contribution is 5.92. The topological polar surface area (TPSA) is 125 Å². The van der Waals surface area contributed by atoms with Crippen LogP contribution in [-0.2, 0) is 33.3 Å². The van der Waals surface area contributed by atoms with Crippen LogP contribution in [0.1, 0.15) is 58.6 Å². The van der Waals surface area contributed by atoms with Crippen molar-refractivity contribution in [2.75, 3.05) is 6.61 Å². The molecule has 6 fully saturated rings. The van der Waals surface area contributed by atoms with E-state index >= 15 is 0 Å². The SMILES string of the molecule is CC1(C)O[C@H]2CC(=O)OC[C@]23[C@H]2CC[C@@]4(C)[C@H](c5ccoc5)OC(=O)[C@H]5O[C@]54[C@]2(C)C(O)C(=O)[C@@H]13. The molecule has 1 N–H and O–H groups in total. The molecule has 9 nitrogen and oxygen atoms in total. The zero-order valence-electron chi connectivity index (χ0n) is 20.2. The lowest BCUT2D eigenvalue weighted by Crippen LogP contribution is -2.76. The number of esters is 2. The second-order valence-electron chi connectivity index (χ2n) is 12.3. The number of epoxide rings is 1. The molecule has 2 aliphatic carbocycles. The summed E-state index contributed by atoms with van der Waals surface area (Å²) in [5, 5.41) is 11.8. The van der Waals surface area contributed by atoms with Crippen LogP contribution < -0.4 is 0 Å². The highest BCUT2D eigenvalue weighted by Gasteiger charge is 2.90. The summed E-state index contributed by atoms with van der Waals surface area (Å²) in [7, 11) is 0. The van der Waals surface area contributed by atoms with E-state index in [1.807, 2.05) is 27.7 Å². The largest absolute Gasteiger partial charge is 0.472 e. The van der Waals surface area contributed by atoms with Gasteiger partial charge in [0.05, 0.1) is 36.6 Å². The van der Waals surface area contributed by atoms with Crippen molar-refractivity contribution in [3.8, 4) is 0 Å². The molecular weight excluding hydrogens is 456 g/mol. The molecule has 4 aliphatic heterocycles. The van der Waals surface area contributed by atoms with Crippen molar-refractivity contribution in [2.24, 2.45) is 28.1 Å². The van der Waals surface area contributed by atoms with Gasteiger partial charge < -0.3 is 28.5 Å². The van der Waals surface area contributed by atoms with Crippen LogP contribution >= 0.6 is 0 Å². The van der Waals surface area contributed by atoms with Gasteiger partial charge in [-0.2, -0.15) is 0 Å². The lowest BCUT2D eigenvalue weighted by Gasteiger charge is -2.66. The average Bonchev–Trinajstić information content (AvgIpc) is 3.26. The Kier molecular flexibility index (Phi) is 3.88. The molecule has 35 heavy (non-hydrogen) atoms. The lowest BCUT2D eigenvalue weighted by atomic mass is 9.36. The van der Waals surface area contributed by atoms with Crippen molar-refractivity contribution < 1.29 is 42.9 Å². The van der Waals surface area contributed by atoms with Crippen molar-refractivity contribution in [1.82, 2.24) is 0 Å². The van der Waals surface area contributed by atoms with Crippen molar-refractivity contribution in [3.05, 3.63) is 24.2 Å². The number of rotatable bonds is 1. The lowest BCUT2D eigenvalue weighted by molar-refractivity contribution is -0.252. The number of fused-ring (bicyclic) bond motifs is 1. The maximum Gasteiger partial charge on any atom is 0.339 e. The first-order chi connectivity index (χ1) is 16.4. The van der Waals surface area contributed by atoms with Gasteiger partial charge in [-0.1, -0.05) is 13.8 Å². The number of carbonyl (C=O) groups is 3. The number of aliphatic hydroxyl groups is 1. The van der Waals surface area contributed by atoms with E-state index in [0.717, 1.165) is 5.56 Å². The summed E-state index contributed by atoms with van der Waals surface area (Å²) in [5.74, 6) is -2.09. The van der Waals surface area contributed by atoms with Crippen molar-refractivity contribution in [2.45, 2.75) is 82.6 Å². The Labute approximate surface area is 202 Å². The monoisotopic (exact) mass is 486 g/mol. The molecular formula is C26H30O9. The summed E-state index contributed by atoms with van der Waals surface area (Å²) in [4.78, 5) is 39.6. The van der Waals surface area contributed by atoms with E-state index < -0.39 is 63.8 Å². The maximum absolute atomic E-state index is 14.1. The second kappa shape index (κ2) is 6.18. The molecule has 1 aromatic rings. The van der Waals surface area contributed by atoms with Crippen molar-refractivity contribution in [1.29, 1.82) is 0 Å². The molecule has 2 saturated carbocycles. The van der Waals surface area contributed by atoms with Crippen molar-refractivity contribution >= 4 is 17.7 Å². The minimum absolute atomic E-state index is 0.0520. The molecule has 0 bridgehead atoms. The van der Waals surface area contributed by atoms with E-state index in [9.17, 15) is 19.5 Å². The zero-order chi connectivity index (χ0) is 24.8. The number of ketones is 1. The van der Waals surface area contributed by atoms with Gasteiger partial charge in [0.2, 0.25) is 0 Å². The standard InChI is InChI=1S/C26H30O9/c1-22(2)17-16(28)18(29)24(4)13(25(17)11-32-15(27)9-14(25)34-22)5-7-23(3)19(12-6-8-31-10-12)33-21(30)20-26(23,24)35-20/h6,8,10,13-14,17-20,29H,5,7,9,11H2,1-4H3/t13-,14-,17-,18?,19-,20+,23-,24-,25-,26+/m0/s1. The predicted molar refractivity (Wildman–Crippen MR) is 116 cm³/mol. The van der Waals surface area contributed by atoms with Gasteiger partial charge in [-0.15, -0.1) is 0 Å². The van der Waals surface area contributed by atoms with Gasteiger partial charge in [0, 0.05) is 21.8 Å². The molecule has 7 rings (SSSR count). The van der Waals surface area contributed by atoms with E-state index in [1.165, 1.54) is 6.26 Å². The quantitative estimate of drug-likeness (QED) is 0.469. The van der Waals surface area contributed by atoms with Crippen LogP contribution in [0.3, 0.4) is 0 Å². The normalized spacial score (nSPS) is 53.3. The van der Waals surface area contributed by atoms with Gasteiger partial charge in [0.1, 0.15) is 24.4 Å². The molecule has 0 amide bonds. The Balaban J connectivity index is 1.43. The summed E-state index contributed by atoms with van der Waals surface area (Å²) in [6.45, 7) is 7.66. The molecule has 9 heteroatoms. The number of hydrogen-bond acceptors (Lipinski definition) is 9. The molecule has 0 aromatic carbocycles. The number of aliphatic hydroxyl groups excluding tert-OH is 1. The first-order valence-electron chi connectivity index (χ1n) is 12.4. The Bertz CT molecular complexity index is 1160. The van der Waals surface area contributed by atoms with E-state index in [1.54, 1.807) is 12.3 Å². The van der Waals surface area contributed by atoms with Crippen LogP contribution in [0.15, 0.2) is 23.0 Å². The Hall–Kier alpha value is -2.23. The number of carbonyl (C=O) groups excluding carboxylic acids is 3. The third-order valence-corrected chi connectivity index (χ3v) is 10.7. The summed E-state index contributed by atoms with van der Waals surface area (Å²) in [6.07, 6.45) is 1.02. The molecule has 6 aliphatic rings. The number of cyclic esters (lactones) is 2. The third kappa shape index (κ3) is 2.14. The number of Topliss-reactive ketones (excluding diaryl/α,β-unsaturated/α-hetero) is 1. The summed E-state index contributed by atoms with van der Waals surface area (Å²) in [5.41, 5.74) is -3.90. The Morgan fingerprint density at radius 1 is 1.06 bits per heavy atom. The summed E-state index contributed by atoms with van der Waals surface area (Å²) in [6, 6.07) is 1.77. The van der Waals surface area contributed by atoms with Gasteiger partial charge in [-0.05, 0) is 38.7 Å². The predicted octanol–water partition coefficient (Wildman–Crippen LogP) is 2.11.